The van der Waals surface area contributed by atoms with Gasteiger partial charge in [0.2, 0.25) is 0 Å². The van der Waals surface area contributed by atoms with Gasteiger partial charge in [-0.25, -0.2) is 4.98 Å². The van der Waals surface area contributed by atoms with Crippen molar-refractivity contribution in [3.63, 3.8) is 0 Å². The first-order valence-electron chi connectivity index (χ1n) is 2.02. The number of hydrogen-bond donors (Lipinski definition) is 0. The van der Waals surface area contributed by atoms with E-state index in [0.29, 0.717) is 10.8 Å². The van der Waals surface area contributed by atoms with E-state index in [2.05, 4.69) is 9.97 Å². The third kappa shape index (κ3) is 1.17. The monoisotopic (exact) mass is 126 g/mol. The summed E-state index contributed by atoms with van der Waals surface area (Å²) < 4.78 is 0. The molecule has 0 N–H and O–H groups in total. The van der Waals surface area contributed by atoms with Gasteiger partial charge in [-0.2, -0.15) is 0 Å². The average Bonchev–Trinajstić information content (AvgIpc) is 1.77. The molecule has 0 unspecified atom stereocenters. The maximum absolute atomic E-state index is 5.38. The highest BCUT2D eigenvalue weighted by atomic mass is 35.5. The van der Waals surface area contributed by atoms with Gasteiger partial charge in [0, 0.05) is 6.92 Å². The van der Waals surface area contributed by atoms with E-state index in [4.69, 9.17) is 18.5 Å². The lowest BCUT2D eigenvalue weighted by Crippen LogP contribution is -1.80. The molecule has 0 saturated heterocycles. The van der Waals surface area contributed by atoms with Gasteiger partial charge < -0.3 is 0 Å². The van der Waals surface area contributed by atoms with Crippen molar-refractivity contribution in [1.82, 2.24) is 9.97 Å². The van der Waals surface area contributed by atoms with Crippen LogP contribution in [0.5, 0.6) is 0 Å². The van der Waals surface area contributed by atoms with Gasteiger partial charge in [0.05, 0.1) is 18.1 Å². The van der Waals surface area contributed by atoms with E-state index in [0.717, 1.165) is 0 Å². The molecular formula is C5H3ClN2. The molecule has 0 aliphatic rings. The maximum Gasteiger partial charge on any atom is 0.147 e. The lowest BCUT2D eigenvalue weighted by Gasteiger charge is -1.86. The van der Waals surface area contributed by atoms with E-state index in [-0.39, 0.29) is 0 Å². The quantitative estimate of drug-likeness (QED) is 0.522. The highest BCUT2D eigenvalue weighted by Crippen LogP contribution is 1.98. The molecule has 1 heterocycles. The highest BCUT2D eigenvalue weighted by Gasteiger charge is 1.85. The van der Waals surface area contributed by atoms with Crippen LogP contribution in [0, 0.1) is 6.92 Å². The minimum Gasteiger partial charge on any atom is -0.256 e. The number of halogens is 1. The van der Waals surface area contributed by atoms with Crippen molar-refractivity contribution in [2.45, 2.75) is 0 Å². The number of aromatic nitrogens is 2. The van der Waals surface area contributed by atoms with Crippen molar-refractivity contribution < 1.29 is 0 Å². The Labute approximate surface area is 52.5 Å². The van der Waals surface area contributed by atoms with E-state index in [1.165, 1.54) is 12.4 Å². The molecule has 1 rings (SSSR count). The van der Waals surface area contributed by atoms with E-state index < -0.39 is 0 Å². The Kier molecular flexibility index (Phi) is 1.44. The molecule has 40 valence electrons. The molecular weight excluding hydrogens is 124 g/mol. The molecule has 1 aromatic rings. The van der Waals surface area contributed by atoms with Crippen LogP contribution in [0.3, 0.4) is 0 Å². The third-order valence-electron chi connectivity index (χ3n) is 0.640. The first-order chi connectivity index (χ1) is 3.79. The molecule has 2 radical (unpaired) electrons. The van der Waals surface area contributed by atoms with Gasteiger partial charge in [0.25, 0.3) is 0 Å². The zero-order valence-corrected chi connectivity index (χ0v) is 4.76. The van der Waals surface area contributed by atoms with Crippen LogP contribution in [0.2, 0.25) is 5.15 Å². The van der Waals surface area contributed by atoms with Gasteiger partial charge in [-0.1, -0.05) is 11.6 Å². The summed E-state index contributed by atoms with van der Waals surface area (Å²) in [7, 11) is 0. The largest absolute Gasteiger partial charge is 0.256 e. The van der Waals surface area contributed by atoms with Gasteiger partial charge >= 0.3 is 0 Å². The van der Waals surface area contributed by atoms with Crippen LogP contribution in [0.15, 0.2) is 12.4 Å². The van der Waals surface area contributed by atoms with Crippen molar-refractivity contribution in [1.29, 1.82) is 0 Å². The Morgan fingerprint density at radius 1 is 1.38 bits per heavy atom. The van der Waals surface area contributed by atoms with Crippen LogP contribution < -0.4 is 0 Å². The van der Waals surface area contributed by atoms with E-state index >= 15 is 0 Å². The SMILES string of the molecule is [CH]c1cnc(Cl)cn1. The minimum atomic E-state index is 0.360. The van der Waals surface area contributed by atoms with E-state index in [1.54, 1.807) is 0 Å². The molecule has 2 nitrogen and oxygen atoms in total. The van der Waals surface area contributed by atoms with Gasteiger partial charge in [-0.15, -0.1) is 0 Å². The Morgan fingerprint density at radius 2 is 2.12 bits per heavy atom. The summed E-state index contributed by atoms with van der Waals surface area (Å²) in [6.07, 6.45) is 2.80. The summed E-state index contributed by atoms with van der Waals surface area (Å²) in [6.45, 7) is 5.19. The Balaban J connectivity index is 3.03. The number of hydrogen-bond acceptors (Lipinski definition) is 2. The predicted molar refractivity (Wildman–Crippen MR) is 30.4 cm³/mol. The molecule has 0 aromatic carbocycles. The van der Waals surface area contributed by atoms with Crippen LogP contribution in [0.25, 0.3) is 0 Å². The van der Waals surface area contributed by atoms with Crippen LogP contribution in [-0.4, -0.2) is 9.97 Å². The zero-order valence-electron chi connectivity index (χ0n) is 4.00. The Bertz CT molecular complexity index is 149. The van der Waals surface area contributed by atoms with Gasteiger partial charge in [0.1, 0.15) is 5.15 Å². The van der Waals surface area contributed by atoms with Crippen molar-refractivity contribution in [2.24, 2.45) is 0 Å². The van der Waals surface area contributed by atoms with Gasteiger partial charge in [-0.3, -0.25) is 4.98 Å². The molecule has 0 spiro atoms. The minimum absolute atomic E-state index is 0.360. The summed E-state index contributed by atoms with van der Waals surface area (Å²) in [6, 6.07) is 0. The molecule has 3 heteroatoms. The smallest absolute Gasteiger partial charge is 0.147 e. The summed E-state index contributed by atoms with van der Waals surface area (Å²) in [5.41, 5.74) is 0.384. The molecule has 0 aliphatic heterocycles. The molecule has 0 atom stereocenters. The topological polar surface area (TPSA) is 25.8 Å². The first kappa shape index (κ1) is 5.51. The fourth-order valence-corrected chi connectivity index (χ4v) is 0.420. The third-order valence-corrected chi connectivity index (χ3v) is 0.835. The van der Waals surface area contributed by atoms with Crippen LogP contribution in [0.1, 0.15) is 5.69 Å². The summed E-state index contributed by atoms with van der Waals surface area (Å²) in [5, 5.41) is 0.360. The summed E-state index contributed by atoms with van der Waals surface area (Å²) in [5.74, 6) is 0. The maximum atomic E-state index is 5.38. The normalized spacial score (nSPS) is 9.25. The standard InChI is InChI=1S/C5H3ClN2/c1-4-2-8-5(6)3-7-4/h1-3H. The molecule has 0 saturated carbocycles. The van der Waals surface area contributed by atoms with Crippen molar-refractivity contribution in [3.8, 4) is 0 Å². The van der Waals surface area contributed by atoms with Crippen LogP contribution in [-0.2, 0) is 0 Å². The Morgan fingerprint density at radius 3 is 2.50 bits per heavy atom. The second kappa shape index (κ2) is 2.09. The van der Waals surface area contributed by atoms with Gasteiger partial charge in [-0.05, 0) is 0 Å². The second-order valence-electron chi connectivity index (χ2n) is 1.26. The molecule has 8 heavy (non-hydrogen) atoms. The second-order valence-corrected chi connectivity index (χ2v) is 1.65. The summed E-state index contributed by atoms with van der Waals surface area (Å²) >= 11 is 5.38. The molecule has 0 fully saturated rings. The first-order valence-corrected chi connectivity index (χ1v) is 2.40. The highest BCUT2D eigenvalue weighted by molar-refractivity contribution is 6.29. The lowest BCUT2D eigenvalue weighted by atomic mass is 10.5. The number of nitrogens with zero attached hydrogens (tertiary/aromatic N) is 2. The summed E-state index contributed by atoms with van der Waals surface area (Å²) in [4.78, 5) is 7.32. The molecule has 0 bridgehead atoms. The fourth-order valence-electron chi connectivity index (χ4n) is 0.322. The van der Waals surface area contributed by atoms with Crippen LogP contribution in [0.4, 0.5) is 0 Å². The van der Waals surface area contributed by atoms with E-state index in [1.807, 2.05) is 0 Å². The fraction of sp³-hybridized carbons (Fsp3) is 0. The Hall–Kier alpha value is -0.630. The van der Waals surface area contributed by atoms with Gasteiger partial charge in [0.15, 0.2) is 0 Å². The molecule has 1 aromatic heterocycles. The number of rotatable bonds is 0. The van der Waals surface area contributed by atoms with Crippen molar-refractivity contribution in [3.05, 3.63) is 30.2 Å². The molecule has 0 amide bonds. The lowest BCUT2D eigenvalue weighted by molar-refractivity contribution is 1.16. The predicted octanol–water partition coefficient (Wildman–Crippen LogP) is 1.19. The van der Waals surface area contributed by atoms with Crippen molar-refractivity contribution in [2.75, 3.05) is 0 Å². The zero-order chi connectivity index (χ0) is 5.98. The van der Waals surface area contributed by atoms with Crippen LogP contribution >= 0.6 is 11.6 Å². The molecule has 0 aliphatic carbocycles. The van der Waals surface area contributed by atoms with Crippen molar-refractivity contribution >= 4 is 11.6 Å². The van der Waals surface area contributed by atoms with E-state index in [9.17, 15) is 0 Å². The average molecular weight is 127 g/mol.